The molecule has 0 saturated carbocycles. The molecular weight excluding hydrogens is 518 g/mol. The van der Waals surface area contributed by atoms with Crippen molar-refractivity contribution in [3.63, 3.8) is 0 Å². The fourth-order valence-electron chi connectivity index (χ4n) is 4.71. The minimum atomic E-state index is -0.438. The average molecular weight is 538 g/mol. The van der Waals surface area contributed by atoms with Crippen LogP contribution < -0.4 is 0 Å². The molecule has 0 saturated heterocycles. The lowest BCUT2D eigenvalue weighted by molar-refractivity contribution is -0.141. The Kier molecular flexibility index (Phi) is 5.26. The van der Waals surface area contributed by atoms with E-state index < -0.39 is 11.8 Å². The number of nitrogens with zero attached hydrogens (tertiary/aromatic N) is 5. The molecule has 0 radical (unpaired) electrons. The number of aromatic nitrogens is 3. The molecule has 0 N–H and O–H groups in total. The first-order valence-electron chi connectivity index (χ1n) is 11.5. The highest BCUT2D eigenvalue weighted by Crippen LogP contribution is 2.31. The molecule has 36 heavy (non-hydrogen) atoms. The van der Waals surface area contributed by atoms with Gasteiger partial charge >= 0.3 is 0 Å². The Balaban J connectivity index is 1.43. The predicted octanol–water partition coefficient (Wildman–Crippen LogP) is 5.72. The Morgan fingerprint density at radius 1 is 0.944 bits per heavy atom. The van der Waals surface area contributed by atoms with Crippen LogP contribution in [0.1, 0.15) is 19.4 Å². The predicted molar refractivity (Wildman–Crippen MR) is 144 cm³/mol. The zero-order valence-electron chi connectivity index (χ0n) is 19.6. The molecule has 0 aliphatic carbocycles. The molecule has 1 aliphatic rings. The number of imide groups is 1. The van der Waals surface area contributed by atoms with Gasteiger partial charge in [-0.2, -0.15) is 10.1 Å². The number of carbonyl (C=O) groups is 2. The van der Waals surface area contributed by atoms with Crippen molar-refractivity contribution >= 4 is 72.1 Å². The molecule has 7 nitrogen and oxygen atoms in total. The lowest BCUT2D eigenvalue weighted by atomic mass is 9.99. The number of amides is 2. The average Bonchev–Trinajstić information content (AvgIpc) is 3.35. The summed E-state index contributed by atoms with van der Waals surface area (Å²) < 4.78 is 2.71. The maximum absolute atomic E-state index is 13.5. The first kappa shape index (κ1) is 22.3. The number of halogens is 1. The van der Waals surface area contributed by atoms with Crippen molar-refractivity contribution in [2.75, 3.05) is 0 Å². The molecule has 3 aromatic carbocycles. The van der Waals surface area contributed by atoms with Crippen LogP contribution in [0.5, 0.6) is 0 Å². The van der Waals surface area contributed by atoms with Gasteiger partial charge in [0.2, 0.25) is 0 Å². The summed E-state index contributed by atoms with van der Waals surface area (Å²) in [6.45, 7) is 3.53. The molecule has 1 aliphatic heterocycles. The summed E-state index contributed by atoms with van der Waals surface area (Å²) >= 11 is 3.54. The molecule has 176 valence electrons. The molecule has 0 bridgehead atoms. The molecule has 3 heterocycles. The van der Waals surface area contributed by atoms with Crippen LogP contribution in [0.4, 0.5) is 0 Å². The van der Waals surface area contributed by atoms with Gasteiger partial charge in [0.15, 0.2) is 5.65 Å². The molecule has 0 unspecified atom stereocenters. The highest BCUT2D eigenvalue weighted by atomic mass is 79.9. The van der Waals surface area contributed by atoms with E-state index in [4.69, 9.17) is 9.97 Å². The number of para-hydroxylation sites is 2. The zero-order chi connectivity index (χ0) is 25.0. The van der Waals surface area contributed by atoms with Crippen LogP contribution >= 0.6 is 15.9 Å². The van der Waals surface area contributed by atoms with E-state index in [0.29, 0.717) is 22.4 Å². The quantitative estimate of drug-likeness (QED) is 0.275. The van der Waals surface area contributed by atoms with Crippen LogP contribution in [-0.4, -0.2) is 37.1 Å². The number of hydrazone groups is 1. The van der Waals surface area contributed by atoms with Crippen molar-refractivity contribution in [3.8, 4) is 0 Å². The third kappa shape index (κ3) is 3.53. The molecule has 0 fully saturated rings. The number of allylic oxidation sites excluding steroid dienone is 1. The van der Waals surface area contributed by atoms with E-state index in [0.717, 1.165) is 42.6 Å². The molecule has 6 rings (SSSR count). The van der Waals surface area contributed by atoms with Crippen LogP contribution in [0, 0.1) is 0 Å². The zero-order valence-corrected chi connectivity index (χ0v) is 21.2. The smallest absolute Gasteiger partial charge is 0.283 e. The van der Waals surface area contributed by atoms with E-state index in [1.54, 1.807) is 6.92 Å². The number of rotatable bonds is 3. The molecular formula is C28H20BrN5O2. The van der Waals surface area contributed by atoms with E-state index in [-0.39, 0.29) is 6.54 Å². The van der Waals surface area contributed by atoms with Crippen LogP contribution in [0.2, 0.25) is 0 Å². The van der Waals surface area contributed by atoms with Crippen LogP contribution in [0.25, 0.3) is 38.7 Å². The van der Waals surface area contributed by atoms with E-state index >= 15 is 0 Å². The minimum absolute atomic E-state index is 0.102. The highest BCUT2D eigenvalue weighted by molar-refractivity contribution is 9.10. The van der Waals surface area contributed by atoms with Crippen molar-refractivity contribution in [1.29, 1.82) is 0 Å². The van der Waals surface area contributed by atoms with Crippen molar-refractivity contribution in [2.24, 2.45) is 5.10 Å². The van der Waals surface area contributed by atoms with Gasteiger partial charge in [0.05, 0.1) is 27.8 Å². The molecule has 2 amide bonds. The van der Waals surface area contributed by atoms with Crippen molar-refractivity contribution < 1.29 is 9.59 Å². The molecule has 5 aromatic rings. The second-order valence-electron chi connectivity index (χ2n) is 8.69. The number of carbonyl (C=O) groups excluding carboxylic acids is 2. The number of benzene rings is 3. The number of hydrogen-bond acceptors (Lipinski definition) is 5. The van der Waals surface area contributed by atoms with Crippen molar-refractivity contribution in [2.45, 2.75) is 20.4 Å². The maximum Gasteiger partial charge on any atom is 0.283 e. The summed E-state index contributed by atoms with van der Waals surface area (Å²) in [5.41, 5.74) is 6.27. The summed E-state index contributed by atoms with van der Waals surface area (Å²) in [6.07, 6.45) is 0. The van der Waals surface area contributed by atoms with Crippen LogP contribution in [0.3, 0.4) is 0 Å². The molecule has 8 heteroatoms. The Bertz CT molecular complexity index is 1790. The second-order valence-corrected chi connectivity index (χ2v) is 9.61. The van der Waals surface area contributed by atoms with Gasteiger partial charge < -0.3 is 4.57 Å². The Labute approximate surface area is 214 Å². The highest BCUT2D eigenvalue weighted by Gasteiger charge is 2.34. The van der Waals surface area contributed by atoms with Gasteiger partial charge in [0.1, 0.15) is 12.1 Å². The normalized spacial score (nSPS) is 15.2. The van der Waals surface area contributed by atoms with Crippen LogP contribution in [-0.2, 0) is 16.1 Å². The Morgan fingerprint density at radius 2 is 1.64 bits per heavy atom. The topological polar surface area (TPSA) is 80.5 Å². The van der Waals surface area contributed by atoms with Gasteiger partial charge in [-0.15, -0.1) is 0 Å². The lowest BCUT2D eigenvalue weighted by Gasteiger charge is -2.13. The van der Waals surface area contributed by atoms with Gasteiger partial charge in [-0.25, -0.2) is 9.97 Å². The van der Waals surface area contributed by atoms with E-state index in [1.165, 1.54) is 0 Å². The third-order valence-electron chi connectivity index (χ3n) is 6.44. The van der Waals surface area contributed by atoms with Crippen LogP contribution in [0.15, 0.2) is 87.9 Å². The first-order chi connectivity index (χ1) is 17.4. The summed E-state index contributed by atoms with van der Waals surface area (Å²) in [7, 11) is 0. The molecule has 2 aromatic heterocycles. The largest absolute Gasteiger partial charge is 0.314 e. The fourth-order valence-corrected chi connectivity index (χ4v) is 5.07. The lowest BCUT2D eigenvalue weighted by Crippen LogP contribution is -2.32. The molecule has 0 spiro atoms. The summed E-state index contributed by atoms with van der Waals surface area (Å²) in [6, 6.07) is 23.1. The SMILES string of the molecule is CC1=NN(C(=O)Cn2c3ccc(Br)cc3c3nc4ccccc4nc32)C(=O)C1=C(C)c1ccccc1. The van der Waals surface area contributed by atoms with Gasteiger partial charge in [0.25, 0.3) is 11.8 Å². The van der Waals surface area contributed by atoms with Gasteiger partial charge in [0, 0.05) is 9.86 Å². The van der Waals surface area contributed by atoms with E-state index in [2.05, 4.69) is 21.0 Å². The number of hydrogen-bond donors (Lipinski definition) is 0. The van der Waals surface area contributed by atoms with Crippen molar-refractivity contribution in [3.05, 3.63) is 88.4 Å². The van der Waals surface area contributed by atoms with E-state index in [9.17, 15) is 9.59 Å². The van der Waals surface area contributed by atoms with Gasteiger partial charge in [-0.05, 0) is 55.3 Å². The van der Waals surface area contributed by atoms with Gasteiger partial charge in [-0.1, -0.05) is 58.4 Å². The first-order valence-corrected chi connectivity index (χ1v) is 12.2. The third-order valence-corrected chi connectivity index (χ3v) is 6.94. The standard InChI is InChI=1S/C28H20BrN5O2/c1-16(18-8-4-3-5-9-18)25-17(2)32-34(28(25)36)24(35)15-33-23-13-12-19(29)14-20(23)26-27(33)31-22-11-7-6-10-21(22)30-26/h3-14H,15H2,1-2H3. The van der Waals surface area contributed by atoms with Crippen molar-refractivity contribution in [1.82, 2.24) is 19.5 Å². The summed E-state index contributed by atoms with van der Waals surface area (Å²) in [5.74, 6) is -0.856. The second kappa shape index (κ2) is 8.49. The summed E-state index contributed by atoms with van der Waals surface area (Å²) in [5, 5.41) is 6.19. The maximum atomic E-state index is 13.5. The van der Waals surface area contributed by atoms with E-state index in [1.807, 2.05) is 84.3 Å². The Hall–Kier alpha value is -4.17. The van der Waals surface area contributed by atoms with Gasteiger partial charge in [-0.3, -0.25) is 9.59 Å². The fraction of sp³-hybridized carbons (Fsp3) is 0.107. The minimum Gasteiger partial charge on any atom is -0.314 e. The summed E-state index contributed by atoms with van der Waals surface area (Å²) in [4.78, 5) is 36.5. The Morgan fingerprint density at radius 3 is 2.39 bits per heavy atom. The molecule has 0 atom stereocenters. The number of fused-ring (bicyclic) bond motifs is 4. The monoisotopic (exact) mass is 537 g/mol.